The Balaban J connectivity index is 0.00000256. The quantitative estimate of drug-likeness (QED) is 0.606. The summed E-state index contributed by atoms with van der Waals surface area (Å²) in [5.41, 5.74) is 3.23. The number of carbonyl (C=O) groups is 1. The van der Waals surface area contributed by atoms with E-state index in [2.05, 4.69) is 22.8 Å². The minimum Gasteiger partial charge on any atom is -0.497 e. The molecule has 0 bridgehead atoms. The van der Waals surface area contributed by atoms with Crippen LogP contribution >= 0.6 is 12.4 Å². The van der Waals surface area contributed by atoms with Gasteiger partial charge in [-0.3, -0.25) is 9.48 Å². The molecular weight excluding hydrogens is 400 g/mol. The van der Waals surface area contributed by atoms with Gasteiger partial charge in [-0.25, -0.2) is 0 Å². The van der Waals surface area contributed by atoms with Crippen LogP contribution in [0.15, 0.2) is 60.8 Å². The fourth-order valence-corrected chi connectivity index (χ4v) is 3.66. The van der Waals surface area contributed by atoms with Crippen LogP contribution in [0.2, 0.25) is 0 Å². The molecule has 6 nitrogen and oxygen atoms in total. The van der Waals surface area contributed by atoms with E-state index < -0.39 is 0 Å². The number of amides is 1. The second-order valence-electron chi connectivity index (χ2n) is 7.31. The molecule has 1 amide bonds. The van der Waals surface area contributed by atoms with Crippen molar-refractivity contribution in [1.29, 1.82) is 0 Å². The summed E-state index contributed by atoms with van der Waals surface area (Å²) in [6.07, 6.45) is 4.08. The third-order valence-electron chi connectivity index (χ3n) is 5.21. The molecule has 158 valence electrons. The van der Waals surface area contributed by atoms with Crippen LogP contribution in [-0.4, -0.2) is 41.9 Å². The maximum Gasteiger partial charge on any atom is 0.255 e. The first-order chi connectivity index (χ1) is 14.2. The Labute approximate surface area is 183 Å². The maximum atomic E-state index is 13.0. The highest BCUT2D eigenvalue weighted by atomic mass is 35.5. The van der Waals surface area contributed by atoms with E-state index in [0.29, 0.717) is 30.4 Å². The van der Waals surface area contributed by atoms with Gasteiger partial charge in [0.1, 0.15) is 11.4 Å². The Morgan fingerprint density at radius 3 is 2.80 bits per heavy atom. The molecule has 30 heavy (non-hydrogen) atoms. The summed E-state index contributed by atoms with van der Waals surface area (Å²) >= 11 is 0. The Morgan fingerprint density at radius 2 is 2.07 bits per heavy atom. The van der Waals surface area contributed by atoms with Gasteiger partial charge in [-0.2, -0.15) is 5.10 Å². The van der Waals surface area contributed by atoms with Crippen molar-refractivity contribution >= 4 is 18.3 Å². The highest BCUT2D eigenvalue weighted by Gasteiger charge is 2.20. The van der Waals surface area contributed by atoms with Gasteiger partial charge >= 0.3 is 0 Å². The molecule has 1 saturated heterocycles. The summed E-state index contributed by atoms with van der Waals surface area (Å²) in [5, 5.41) is 11.2. The van der Waals surface area contributed by atoms with Crippen LogP contribution in [0, 0.1) is 0 Å². The normalized spacial score (nSPS) is 15.4. The van der Waals surface area contributed by atoms with E-state index in [1.165, 1.54) is 0 Å². The van der Waals surface area contributed by atoms with Crippen LogP contribution in [0.25, 0.3) is 11.3 Å². The van der Waals surface area contributed by atoms with Gasteiger partial charge in [0.2, 0.25) is 0 Å². The van der Waals surface area contributed by atoms with Crippen molar-refractivity contribution in [1.82, 2.24) is 20.4 Å². The van der Waals surface area contributed by atoms with Crippen LogP contribution < -0.4 is 15.4 Å². The summed E-state index contributed by atoms with van der Waals surface area (Å²) in [6, 6.07) is 18.1. The van der Waals surface area contributed by atoms with Crippen molar-refractivity contribution in [3.05, 3.63) is 71.9 Å². The maximum absolute atomic E-state index is 13.0. The molecule has 0 aliphatic carbocycles. The number of nitrogens with one attached hydrogen (secondary N) is 2. The number of methoxy groups -OCH3 is 1. The van der Waals surface area contributed by atoms with Gasteiger partial charge in [-0.15, -0.1) is 12.4 Å². The van der Waals surface area contributed by atoms with Crippen molar-refractivity contribution < 1.29 is 9.53 Å². The number of rotatable bonds is 7. The van der Waals surface area contributed by atoms with E-state index in [1.54, 1.807) is 7.11 Å². The molecule has 2 aromatic carbocycles. The summed E-state index contributed by atoms with van der Waals surface area (Å²) < 4.78 is 7.18. The zero-order valence-electron chi connectivity index (χ0n) is 17.0. The lowest BCUT2D eigenvalue weighted by atomic mass is 10.1. The first-order valence-corrected chi connectivity index (χ1v) is 10.0. The van der Waals surface area contributed by atoms with Gasteiger partial charge in [0.05, 0.1) is 19.2 Å². The molecule has 1 aromatic heterocycles. The molecule has 7 heteroatoms. The molecule has 1 unspecified atom stereocenters. The van der Waals surface area contributed by atoms with Gasteiger partial charge in [-0.05, 0) is 37.1 Å². The van der Waals surface area contributed by atoms with Crippen LogP contribution in [0.4, 0.5) is 0 Å². The Hall–Kier alpha value is -2.83. The van der Waals surface area contributed by atoms with Crippen LogP contribution in [0.1, 0.15) is 28.8 Å². The lowest BCUT2D eigenvalue weighted by molar-refractivity contribution is 0.0951. The summed E-state index contributed by atoms with van der Waals surface area (Å²) in [5.74, 6) is 0.637. The molecule has 1 atom stereocenters. The topological polar surface area (TPSA) is 68.2 Å². The molecular formula is C23H27ClN4O2. The number of benzene rings is 2. The third-order valence-corrected chi connectivity index (χ3v) is 5.21. The zero-order valence-corrected chi connectivity index (χ0v) is 17.8. The second kappa shape index (κ2) is 10.3. The highest BCUT2D eigenvalue weighted by molar-refractivity contribution is 5.99. The lowest BCUT2D eigenvalue weighted by Gasteiger charge is -2.11. The Kier molecular flexibility index (Phi) is 7.49. The molecule has 1 fully saturated rings. The minimum absolute atomic E-state index is 0. The van der Waals surface area contributed by atoms with E-state index in [-0.39, 0.29) is 18.3 Å². The first-order valence-electron chi connectivity index (χ1n) is 10.0. The monoisotopic (exact) mass is 426 g/mol. The predicted octanol–water partition coefficient (Wildman–Crippen LogP) is 3.51. The fraction of sp³-hybridized carbons (Fsp3) is 0.304. The van der Waals surface area contributed by atoms with Gasteiger partial charge in [0.25, 0.3) is 5.91 Å². The van der Waals surface area contributed by atoms with E-state index >= 15 is 0 Å². The van der Waals surface area contributed by atoms with Gasteiger partial charge in [0.15, 0.2) is 0 Å². The molecule has 0 radical (unpaired) electrons. The lowest BCUT2D eigenvalue weighted by Crippen LogP contribution is -2.37. The molecule has 4 rings (SSSR count). The number of carbonyl (C=O) groups excluding carboxylic acids is 1. The Bertz CT molecular complexity index is 968. The average molecular weight is 427 g/mol. The molecule has 0 spiro atoms. The summed E-state index contributed by atoms with van der Waals surface area (Å²) in [6.45, 7) is 2.25. The van der Waals surface area contributed by atoms with E-state index in [4.69, 9.17) is 9.84 Å². The molecule has 2 heterocycles. The average Bonchev–Trinajstić information content (AvgIpc) is 3.43. The summed E-state index contributed by atoms with van der Waals surface area (Å²) in [7, 11) is 1.63. The first kappa shape index (κ1) is 21.9. The van der Waals surface area contributed by atoms with Crippen LogP contribution in [0.3, 0.4) is 0 Å². The fourth-order valence-electron chi connectivity index (χ4n) is 3.66. The SMILES string of the molecule is COc1cccc(-c2nn(Cc3ccccc3)cc2C(=O)NCC2CCCN2)c1.Cl. The number of hydrogen-bond donors (Lipinski definition) is 2. The zero-order chi connectivity index (χ0) is 20.1. The van der Waals surface area contributed by atoms with Gasteiger partial charge in [0, 0.05) is 24.3 Å². The van der Waals surface area contributed by atoms with Crippen molar-refractivity contribution in [3.8, 4) is 17.0 Å². The number of aromatic nitrogens is 2. The number of halogens is 1. The predicted molar refractivity (Wildman–Crippen MR) is 120 cm³/mol. The van der Waals surface area contributed by atoms with Crippen molar-refractivity contribution in [2.45, 2.75) is 25.4 Å². The van der Waals surface area contributed by atoms with Crippen LogP contribution in [0.5, 0.6) is 5.75 Å². The number of hydrogen-bond acceptors (Lipinski definition) is 4. The van der Waals surface area contributed by atoms with Crippen molar-refractivity contribution in [2.24, 2.45) is 0 Å². The summed E-state index contributed by atoms with van der Waals surface area (Å²) in [4.78, 5) is 13.0. The van der Waals surface area contributed by atoms with E-state index in [0.717, 1.165) is 36.3 Å². The van der Waals surface area contributed by atoms with Crippen molar-refractivity contribution in [2.75, 3.05) is 20.2 Å². The van der Waals surface area contributed by atoms with Crippen molar-refractivity contribution in [3.63, 3.8) is 0 Å². The molecule has 0 saturated carbocycles. The second-order valence-corrected chi connectivity index (χ2v) is 7.31. The van der Waals surface area contributed by atoms with E-state index in [1.807, 2.05) is 53.3 Å². The number of ether oxygens (including phenoxy) is 1. The van der Waals surface area contributed by atoms with Gasteiger partial charge in [-0.1, -0.05) is 42.5 Å². The Morgan fingerprint density at radius 1 is 1.23 bits per heavy atom. The molecule has 1 aliphatic rings. The molecule has 2 N–H and O–H groups in total. The smallest absolute Gasteiger partial charge is 0.255 e. The highest BCUT2D eigenvalue weighted by Crippen LogP contribution is 2.26. The largest absolute Gasteiger partial charge is 0.497 e. The molecule has 3 aromatic rings. The minimum atomic E-state index is -0.101. The van der Waals surface area contributed by atoms with E-state index in [9.17, 15) is 4.79 Å². The number of nitrogens with zero attached hydrogens (tertiary/aromatic N) is 2. The molecule has 1 aliphatic heterocycles. The van der Waals surface area contributed by atoms with Gasteiger partial charge < -0.3 is 15.4 Å². The standard InChI is InChI=1S/C23H26N4O2.ClH/c1-29-20-11-5-9-18(13-20)22-21(23(28)25-14-19-10-6-12-24-19)16-27(26-22)15-17-7-3-2-4-8-17;/h2-5,7-9,11,13,16,19,24H,6,10,12,14-15H2,1H3,(H,25,28);1H. The van der Waals surface area contributed by atoms with Crippen LogP contribution in [-0.2, 0) is 6.54 Å². The third kappa shape index (κ3) is 5.20.